The highest BCUT2D eigenvalue weighted by atomic mass is 16.6. The van der Waals surface area contributed by atoms with Crippen LogP contribution in [0.1, 0.15) is 56.2 Å². The number of amides is 2. The Kier molecular flexibility index (Phi) is 7.26. The molecule has 1 unspecified atom stereocenters. The van der Waals surface area contributed by atoms with E-state index in [-0.39, 0.29) is 12.0 Å². The van der Waals surface area contributed by atoms with Crippen molar-refractivity contribution >= 4 is 12.0 Å². The monoisotopic (exact) mass is 435 g/mol. The normalized spacial score (nSPS) is 24.2. The molecule has 2 aliphatic rings. The highest BCUT2D eigenvalue weighted by Gasteiger charge is 2.41. The van der Waals surface area contributed by atoms with Gasteiger partial charge in [0.1, 0.15) is 16.9 Å². The minimum atomic E-state index is -0.630. The number of fused-ring (bicyclic) bond motifs is 1. The van der Waals surface area contributed by atoms with E-state index in [1.165, 1.54) is 0 Å². The molecular formula is C22H37N5O4. The Morgan fingerprint density at radius 3 is 2.71 bits per heavy atom. The van der Waals surface area contributed by atoms with Crippen LogP contribution in [0, 0.1) is 6.92 Å². The number of likely N-dealkylation sites (N-methyl/N-ethyl adjacent to an activating group) is 1. The van der Waals surface area contributed by atoms with E-state index in [2.05, 4.69) is 10.4 Å². The number of carbonyl (C=O) groups excluding carboxylic acids is 2. The Morgan fingerprint density at radius 2 is 1.97 bits per heavy atom. The number of rotatable bonds is 0. The standard InChI is InChI=1S/C22H37N5O4/c1-17-14-18-19(28)25(5)15-22(8-6-9-23-10-7-11-27(18)24-17)16-26(12-13-30-22)20(29)31-21(2,3)4/h14,23H,6-13,15-16H2,1-5H3. The number of ether oxygens (including phenoxy) is 2. The van der Waals surface area contributed by atoms with Crippen molar-refractivity contribution in [1.29, 1.82) is 0 Å². The number of hydrogen-bond acceptors (Lipinski definition) is 6. The lowest BCUT2D eigenvalue weighted by Gasteiger charge is -2.44. The van der Waals surface area contributed by atoms with Gasteiger partial charge in [-0.3, -0.25) is 9.48 Å². The van der Waals surface area contributed by atoms with Gasteiger partial charge >= 0.3 is 6.09 Å². The molecule has 31 heavy (non-hydrogen) atoms. The van der Waals surface area contributed by atoms with Crippen molar-refractivity contribution in [2.24, 2.45) is 0 Å². The summed E-state index contributed by atoms with van der Waals surface area (Å²) >= 11 is 0. The largest absolute Gasteiger partial charge is 0.444 e. The predicted molar refractivity (Wildman–Crippen MR) is 117 cm³/mol. The Labute approximate surface area is 185 Å². The zero-order valence-corrected chi connectivity index (χ0v) is 19.6. The van der Waals surface area contributed by atoms with Gasteiger partial charge in [0.15, 0.2) is 0 Å². The smallest absolute Gasteiger partial charge is 0.410 e. The second kappa shape index (κ2) is 9.56. The molecule has 9 heteroatoms. The first-order chi connectivity index (χ1) is 14.6. The van der Waals surface area contributed by atoms with Gasteiger partial charge in [-0.1, -0.05) is 0 Å². The van der Waals surface area contributed by atoms with Gasteiger partial charge in [-0.2, -0.15) is 5.10 Å². The average Bonchev–Trinajstić information content (AvgIpc) is 3.05. The zero-order chi connectivity index (χ0) is 22.6. The number of hydrogen-bond donors (Lipinski definition) is 1. The molecule has 1 aromatic rings. The molecule has 0 radical (unpaired) electrons. The van der Waals surface area contributed by atoms with E-state index in [4.69, 9.17) is 9.47 Å². The molecule has 1 N–H and O–H groups in total. The summed E-state index contributed by atoms with van der Waals surface area (Å²) in [6.45, 7) is 11.6. The maximum Gasteiger partial charge on any atom is 0.410 e. The molecule has 3 heterocycles. The van der Waals surface area contributed by atoms with Gasteiger partial charge in [-0.05, 0) is 66.1 Å². The Morgan fingerprint density at radius 1 is 1.23 bits per heavy atom. The maximum absolute atomic E-state index is 13.3. The number of carbonyl (C=O) groups is 2. The molecule has 1 spiro atoms. The lowest BCUT2D eigenvalue weighted by molar-refractivity contribution is -0.120. The Hall–Kier alpha value is -2.13. The Balaban J connectivity index is 1.82. The van der Waals surface area contributed by atoms with Crippen molar-refractivity contribution in [1.82, 2.24) is 24.9 Å². The summed E-state index contributed by atoms with van der Waals surface area (Å²) in [5.74, 6) is -0.0785. The average molecular weight is 436 g/mol. The fourth-order valence-corrected chi connectivity index (χ4v) is 4.26. The van der Waals surface area contributed by atoms with E-state index in [1.807, 2.05) is 33.8 Å². The molecular weight excluding hydrogens is 398 g/mol. The summed E-state index contributed by atoms with van der Waals surface area (Å²) < 4.78 is 13.7. The topological polar surface area (TPSA) is 88.9 Å². The first-order valence-electron chi connectivity index (χ1n) is 11.2. The van der Waals surface area contributed by atoms with Gasteiger partial charge in [0.05, 0.1) is 25.4 Å². The first-order valence-corrected chi connectivity index (χ1v) is 11.2. The molecule has 0 saturated carbocycles. The fraction of sp³-hybridized carbons (Fsp3) is 0.773. The third-order valence-electron chi connectivity index (χ3n) is 5.60. The number of aromatic nitrogens is 2. The second-order valence-electron chi connectivity index (χ2n) is 9.70. The number of aryl methyl sites for hydroxylation is 2. The number of nitrogens with zero attached hydrogens (tertiary/aromatic N) is 4. The summed E-state index contributed by atoms with van der Waals surface area (Å²) in [5.41, 5.74) is 0.237. The lowest BCUT2D eigenvalue weighted by Crippen LogP contribution is -2.59. The lowest BCUT2D eigenvalue weighted by atomic mass is 9.94. The predicted octanol–water partition coefficient (Wildman–Crippen LogP) is 2.04. The van der Waals surface area contributed by atoms with E-state index < -0.39 is 11.2 Å². The third kappa shape index (κ3) is 6.20. The molecule has 3 rings (SSSR count). The minimum Gasteiger partial charge on any atom is -0.444 e. The van der Waals surface area contributed by atoms with E-state index in [9.17, 15) is 9.59 Å². The molecule has 1 saturated heterocycles. The van der Waals surface area contributed by atoms with Gasteiger partial charge < -0.3 is 24.6 Å². The summed E-state index contributed by atoms with van der Waals surface area (Å²) in [4.78, 5) is 29.4. The van der Waals surface area contributed by atoms with E-state index >= 15 is 0 Å². The quantitative estimate of drug-likeness (QED) is 0.671. The minimum absolute atomic E-state index is 0.0785. The van der Waals surface area contributed by atoms with Gasteiger partial charge in [0.25, 0.3) is 5.91 Å². The van der Waals surface area contributed by atoms with E-state index in [0.29, 0.717) is 38.5 Å². The highest BCUT2D eigenvalue weighted by molar-refractivity contribution is 5.92. The van der Waals surface area contributed by atoms with Crippen molar-refractivity contribution in [3.8, 4) is 0 Å². The number of nitrogens with one attached hydrogen (secondary N) is 1. The van der Waals surface area contributed by atoms with E-state index in [1.54, 1.807) is 21.5 Å². The molecule has 2 aliphatic heterocycles. The second-order valence-corrected chi connectivity index (χ2v) is 9.70. The van der Waals surface area contributed by atoms with E-state index in [0.717, 1.165) is 38.0 Å². The van der Waals surface area contributed by atoms with Crippen LogP contribution in [-0.2, 0) is 16.0 Å². The van der Waals surface area contributed by atoms with Crippen molar-refractivity contribution < 1.29 is 19.1 Å². The molecule has 174 valence electrons. The van der Waals surface area contributed by atoms with Crippen LogP contribution in [0.25, 0.3) is 0 Å². The van der Waals surface area contributed by atoms with Crippen LogP contribution in [0.15, 0.2) is 6.07 Å². The molecule has 0 bridgehead atoms. The van der Waals surface area contributed by atoms with Gasteiger partial charge in [-0.25, -0.2) is 4.79 Å². The zero-order valence-electron chi connectivity index (χ0n) is 19.6. The SMILES string of the molecule is Cc1cc2n(n1)CCCNCCCC1(CN(C)C2=O)CN(C(=O)OC(C)(C)C)CCO1. The van der Waals surface area contributed by atoms with Crippen LogP contribution in [0.3, 0.4) is 0 Å². The van der Waals surface area contributed by atoms with Crippen LogP contribution in [-0.4, -0.2) is 89.2 Å². The molecule has 9 nitrogen and oxygen atoms in total. The molecule has 0 aromatic carbocycles. The van der Waals surface area contributed by atoms with Gasteiger partial charge in [-0.15, -0.1) is 0 Å². The highest BCUT2D eigenvalue weighted by Crippen LogP contribution is 2.27. The summed E-state index contributed by atoms with van der Waals surface area (Å²) in [6, 6.07) is 1.84. The van der Waals surface area contributed by atoms with Gasteiger partial charge in [0, 0.05) is 20.1 Å². The third-order valence-corrected chi connectivity index (χ3v) is 5.60. The molecule has 0 aliphatic carbocycles. The Bertz CT molecular complexity index is 787. The van der Waals surface area contributed by atoms with Crippen LogP contribution in [0.5, 0.6) is 0 Å². The van der Waals surface area contributed by atoms with Crippen molar-refractivity contribution in [3.63, 3.8) is 0 Å². The fourth-order valence-electron chi connectivity index (χ4n) is 4.26. The van der Waals surface area contributed by atoms with Crippen LogP contribution in [0.2, 0.25) is 0 Å². The van der Waals surface area contributed by atoms with Crippen molar-refractivity contribution in [2.45, 2.75) is 64.7 Å². The summed E-state index contributed by atoms with van der Waals surface area (Å²) in [5, 5.41) is 7.97. The molecule has 1 atom stereocenters. The number of morpholine rings is 1. The van der Waals surface area contributed by atoms with Crippen LogP contribution in [0.4, 0.5) is 4.79 Å². The summed E-state index contributed by atoms with van der Waals surface area (Å²) in [7, 11) is 1.80. The van der Waals surface area contributed by atoms with Crippen LogP contribution >= 0.6 is 0 Å². The maximum atomic E-state index is 13.3. The van der Waals surface area contributed by atoms with Crippen molar-refractivity contribution in [3.05, 3.63) is 17.5 Å². The summed E-state index contributed by atoms with van der Waals surface area (Å²) in [6.07, 6.45) is 2.21. The molecule has 2 amide bonds. The van der Waals surface area contributed by atoms with Crippen LogP contribution < -0.4 is 5.32 Å². The van der Waals surface area contributed by atoms with Gasteiger partial charge in [0.2, 0.25) is 0 Å². The molecule has 1 fully saturated rings. The molecule has 1 aromatic heterocycles. The first kappa shape index (κ1) is 23.5. The van der Waals surface area contributed by atoms with Crippen molar-refractivity contribution in [2.75, 3.05) is 46.4 Å².